The standard InChI is InChI=1S/C17H26N2O2S2/c1-3-5-6-14-7-9-15(10-8-14)18-17(22)19(4-2)16-11-12-23(20,21)13-16/h7-10,16H,3-6,11-13H2,1-2H3,(H,18,22)/t16-/m0/s1. The quantitative estimate of drug-likeness (QED) is 0.795. The molecule has 4 nitrogen and oxygen atoms in total. The molecular weight excluding hydrogens is 328 g/mol. The highest BCUT2D eigenvalue weighted by molar-refractivity contribution is 7.91. The highest BCUT2D eigenvalue weighted by Gasteiger charge is 2.32. The lowest BCUT2D eigenvalue weighted by atomic mass is 10.1. The molecule has 1 fully saturated rings. The second-order valence-corrected chi connectivity index (χ2v) is 8.69. The number of unbranched alkanes of at least 4 members (excludes halogenated alkanes) is 1. The predicted octanol–water partition coefficient (Wildman–Crippen LogP) is 3.24. The Kier molecular flexibility index (Phi) is 6.41. The van der Waals surface area contributed by atoms with E-state index in [2.05, 4.69) is 24.4 Å². The fraction of sp³-hybridized carbons (Fsp3) is 0.588. The molecule has 0 unspecified atom stereocenters. The van der Waals surface area contributed by atoms with Crippen LogP contribution in [0.2, 0.25) is 0 Å². The van der Waals surface area contributed by atoms with Gasteiger partial charge in [0.15, 0.2) is 14.9 Å². The SMILES string of the molecule is CCCCc1ccc(NC(=S)N(CC)[C@H]2CCS(=O)(=O)C2)cc1. The molecule has 23 heavy (non-hydrogen) atoms. The maximum Gasteiger partial charge on any atom is 0.173 e. The predicted molar refractivity (Wildman–Crippen MR) is 101 cm³/mol. The van der Waals surface area contributed by atoms with Crippen LogP contribution in [0.4, 0.5) is 5.69 Å². The number of sulfone groups is 1. The van der Waals surface area contributed by atoms with Gasteiger partial charge in [-0.1, -0.05) is 25.5 Å². The molecule has 1 aromatic rings. The Morgan fingerprint density at radius 3 is 2.52 bits per heavy atom. The summed E-state index contributed by atoms with van der Waals surface area (Å²) in [6.45, 7) is 4.91. The lowest BCUT2D eigenvalue weighted by Gasteiger charge is -2.29. The molecule has 128 valence electrons. The van der Waals surface area contributed by atoms with Crippen LogP contribution < -0.4 is 5.32 Å². The van der Waals surface area contributed by atoms with E-state index in [9.17, 15) is 8.42 Å². The zero-order valence-corrected chi connectivity index (χ0v) is 15.5. The van der Waals surface area contributed by atoms with Gasteiger partial charge in [-0.3, -0.25) is 0 Å². The molecule has 0 aliphatic carbocycles. The summed E-state index contributed by atoms with van der Waals surface area (Å²) in [4.78, 5) is 1.99. The Bertz CT molecular complexity index is 626. The average Bonchev–Trinajstić information content (AvgIpc) is 2.87. The molecule has 1 N–H and O–H groups in total. The first-order chi connectivity index (χ1) is 10.9. The Hall–Kier alpha value is -1.14. The van der Waals surface area contributed by atoms with E-state index in [1.807, 2.05) is 24.0 Å². The zero-order chi connectivity index (χ0) is 16.9. The van der Waals surface area contributed by atoms with E-state index in [0.717, 1.165) is 12.1 Å². The Balaban J connectivity index is 1.96. The van der Waals surface area contributed by atoms with Crippen molar-refractivity contribution in [2.75, 3.05) is 23.4 Å². The van der Waals surface area contributed by atoms with E-state index in [4.69, 9.17) is 12.2 Å². The van der Waals surface area contributed by atoms with E-state index < -0.39 is 9.84 Å². The molecule has 1 heterocycles. The smallest absolute Gasteiger partial charge is 0.173 e. The summed E-state index contributed by atoms with van der Waals surface area (Å²) in [5, 5.41) is 3.85. The lowest BCUT2D eigenvalue weighted by molar-refractivity contribution is 0.355. The van der Waals surface area contributed by atoms with Crippen LogP contribution in [0.3, 0.4) is 0 Å². The number of rotatable bonds is 6. The fourth-order valence-electron chi connectivity index (χ4n) is 2.92. The molecule has 0 aromatic heterocycles. The van der Waals surface area contributed by atoms with Gasteiger partial charge in [-0.25, -0.2) is 8.42 Å². The van der Waals surface area contributed by atoms with Gasteiger partial charge in [-0.2, -0.15) is 0 Å². The van der Waals surface area contributed by atoms with Crippen LogP contribution in [-0.4, -0.2) is 42.5 Å². The van der Waals surface area contributed by atoms with Crippen molar-refractivity contribution < 1.29 is 8.42 Å². The first-order valence-electron chi connectivity index (χ1n) is 8.32. The van der Waals surface area contributed by atoms with Crippen molar-refractivity contribution >= 4 is 32.9 Å². The second kappa shape index (κ2) is 8.11. The minimum absolute atomic E-state index is 0.00572. The average molecular weight is 355 g/mol. The van der Waals surface area contributed by atoms with Crippen molar-refractivity contribution in [3.8, 4) is 0 Å². The number of hydrogen-bond acceptors (Lipinski definition) is 3. The van der Waals surface area contributed by atoms with Gasteiger partial charge in [0, 0.05) is 18.3 Å². The number of aryl methyl sites for hydroxylation is 1. The fourth-order valence-corrected chi connectivity index (χ4v) is 5.05. The molecule has 1 atom stereocenters. The van der Waals surface area contributed by atoms with Crippen LogP contribution in [0, 0.1) is 0 Å². The molecule has 1 aliphatic heterocycles. The first-order valence-corrected chi connectivity index (χ1v) is 10.5. The van der Waals surface area contributed by atoms with Crippen LogP contribution in [0.25, 0.3) is 0 Å². The van der Waals surface area contributed by atoms with E-state index in [-0.39, 0.29) is 17.5 Å². The van der Waals surface area contributed by atoms with Crippen molar-refractivity contribution in [2.24, 2.45) is 0 Å². The minimum atomic E-state index is -2.90. The van der Waals surface area contributed by atoms with Crippen molar-refractivity contribution in [1.29, 1.82) is 0 Å². The van der Waals surface area contributed by atoms with Gasteiger partial charge in [0.1, 0.15) is 0 Å². The van der Waals surface area contributed by atoms with Gasteiger partial charge in [0.05, 0.1) is 11.5 Å². The van der Waals surface area contributed by atoms with Gasteiger partial charge in [-0.15, -0.1) is 0 Å². The highest BCUT2D eigenvalue weighted by Crippen LogP contribution is 2.19. The number of thiocarbonyl (C=S) groups is 1. The van der Waals surface area contributed by atoms with Gasteiger partial charge in [0.25, 0.3) is 0 Å². The molecule has 0 radical (unpaired) electrons. The molecule has 0 amide bonds. The van der Waals surface area contributed by atoms with Gasteiger partial charge >= 0.3 is 0 Å². The molecule has 0 saturated carbocycles. The maximum atomic E-state index is 11.7. The zero-order valence-electron chi connectivity index (χ0n) is 13.9. The van der Waals surface area contributed by atoms with Crippen LogP contribution in [-0.2, 0) is 16.3 Å². The summed E-state index contributed by atoms with van der Waals surface area (Å²) >= 11 is 5.49. The van der Waals surface area contributed by atoms with E-state index in [1.54, 1.807) is 0 Å². The number of nitrogens with zero attached hydrogens (tertiary/aromatic N) is 1. The van der Waals surface area contributed by atoms with Gasteiger partial charge < -0.3 is 10.2 Å². The van der Waals surface area contributed by atoms with E-state index >= 15 is 0 Å². The van der Waals surface area contributed by atoms with Crippen molar-refractivity contribution in [2.45, 2.75) is 45.6 Å². The summed E-state index contributed by atoms with van der Waals surface area (Å²) in [6, 6.07) is 8.31. The summed E-state index contributed by atoms with van der Waals surface area (Å²) in [6.07, 6.45) is 4.15. The third kappa shape index (κ3) is 5.18. The first kappa shape index (κ1) is 18.2. The summed E-state index contributed by atoms with van der Waals surface area (Å²) in [5.74, 6) is 0.474. The van der Waals surface area contributed by atoms with Gasteiger partial charge in [-0.05, 0) is 56.1 Å². The summed E-state index contributed by atoms with van der Waals surface area (Å²) in [7, 11) is -2.90. The Morgan fingerprint density at radius 1 is 1.30 bits per heavy atom. The van der Waals surface area contributed by atoms with Crippen LogP contribution in [0.5, 0.6) is 0 Å². The molecule has 1 saturated heterocycles. The number of benzene rings is 1. The third-order valence-electron chi connectivity index (χ3n) is 4.27. The molecule has 1 aromatic carbocycles. The van der Waals surface area contributed by atoms with E-state index in [1.165, 1.54) is 18.4 Å². The van der Waals surface area contributed by atoms with Crippen LogP contribution in [0.1, 0.15) is 38.7 Å². The Morgan fingerprint density at radius 2 is 2.00 bits per heavy atom. The van der Waals surface area contributed by atoms with Crippen LogP contribution in [0.15, 0.2) is 24.3 Å². The molecular formula is C17H26N2O2S2. The summed E-state index contributed by atoms with van der Waals surface area (Å²) < 4.78 is 23.4. The number of nitrogens with one attached hydrogen (secondary N) is 1. The van der Waals surface area contributed by atoms with Crippen molar-refractivity contribution in [1.82, 2.24) is 4.90 Å². The molecule has 0 bridgehead atoms. The number of anilines is 1. The largest absolute Gasteiger partial charge is 0.345 e. The second-order valence-electron chi connectivity index (χ2n) is 6.07. The number of hydrogen-bond donors (Lipinski definition) is 1. The normalized spacial score (nSPS) is 19.5. The topological polar surface area (TPSA) is 49.4 Å². The van der Waals surface area contributed by atoms with E-state index in [0.29, 0.717) is 18.1 Å². The molecule has 6 heteroatoms. The molecule has 2 rings (SSSR count). The molecule has 1 aliphatic rings. The van der Waals surface area contributed by atoms with Crippen molar-refractivity contribution in [3.63, 3.8) is 0 Å². The summed E-state index contributed by atoms with van der Waals surface area (Å²) in [5.41, 5.74) is 2.28. The van der Waals surface area contributed by atoms with Crippen LogP contribution >= 0.6 is 12.2 Å². The Labute approximate surface area is 145 Å². The van der Waals surface area contributed by atoms with Crippen molar-refractivity contribution in [3.05, 3.63) is 29.8 Å². The highest BCUT2D eigenvalue weighted by atomic mass is 32.2. The molecule has 0 spiro atoms. The minimum Gasteiger partial charge on any atom is -0.345 e. The third-order valence-corrected chi connectivity index (χ3v) is 6.36. The lowest BCUT2D eigenvalue weighted by Crippen LogP contribution is -2.43. The monoisotopic (exact) mass is 354 g/mol. The maximum absolute atomic E-state index is 11.7. The van der Waals surface area contributed by atoms with Gasteiger partial charge in [0.2, 0.25) is 0 Å².